The fraction of sp³-hybridized carbons (Fsp3) is 0.529. The van der Waals surface area contributed by atoms with Gasteiger partial charge in [-0.05, 0) is 45.0 Å². The number of nitrogens with zero attached hydrogens (tertiary/aromatic N) is 5. The predicted molar refractivity (Wildman–Crippen MR) is 97.0 cm³/mol. The molecule has 0 aliphatic carbocycles. The van der Waals surface area contributed by atoms with Gasteiger partial charge in [0.25, 0.3) is 0 Å². The first-order valence-corrected chi connectivity index (χ1v) is 9.74. The molecule has 3 aromatic heterocycles. The molecule has 0 saturated carbocycles. The fourth-order valence-electron chi connectivity index (χ4n) is 3.32. The third kappa shape index (κ3) is 3.63. The van der Waals surface area contributed by atoms with Gasteiger partial charge in [0.1, 0.15) is 10.8 Å². The first kappa shape index (κ1) is 17.2. The van der Waals surface area contributed by atoms with E-state index in [4.69, 9.17) is 4.42 Å². The Bertz CT molecular complexity index is 865. The van der Waals surface area contributed by atoms with E-state index >= 15 is 0 Å². The number of carbonyl (C=O) groups excluding carboxylic acids is 1. The number of hydrogen-bond acceptors (Lipinski definition) is 7. The lowest BCUT2D eigenvalue weighted by molar-refractivity contribution is -0.121. The maximum atomic E-state index is 12.3. The van der Waals surface area contributed by atoms with Crippen LogP contribution in [0.1, 0.15) is 41.9 Å². The summed E-state index contributed by atoms with van der Waals surface area (Å²) < 4.78 is 7.31. The minimum atomic E-state index is 0.0310. The number of hydrogen-bond donors (Lipinski definition) is 1. The third-order valence-corrected chi connectivity index (χ3v) is 5.66. The lowest BCUT2D eigenvalue weighted by Gasteiger charge is -2.26. The molecule has 1 saturated heterocycles. The Morgan fingerprint density at radius 3 is 2.96 bits per heavy atom. The number of furan rings is 1. The van der Waals surface area contributed by atoms with Crippen LogP contribution in [0.25, 0.3) is 4.96 Å². The molecule has 0 spiro atoms. The van der Waals surface area contributed by atoms with Crippen molar-refractivity contribution in [3.8, 4) is 0 Å². The van der Waals surface area contributed by atoms with Gasteiger partial charge in [-0.25, -0.2) is 0 Å². The summed E-state index contributed by atoms with van der Waals surface area (Å²) in [5.74, 6) is 1.71. The molecular formula is C17H22N6O2S. The second kappa shape index (κ2) is 7.55. The van der Waals surface area contributed by atoms with Crippen LogP contribution in [0.3, 0.4) is 0 Å². The third-order valence-electron chi connectivity index (χ3n) is 4.70. The Morgan fingerprint density at radius 1 is 1.38 bits per heavy atom. The van der Waals surface area contributed by atoms with Crippen LogP contribution >= 0.6 is 11.3 Å². The second-order valence-corrected chi connectivity index (χ2v) is 7.56. The average molecular weight is 374 g/mol. The van der Waals surface area contributed by atoms with E-state index in [0.29, 0.717) is 19.4 Å². The van der Waals surface area contributed by atoms with Crippen LogP contribution in [-0.2, 0) is 11.2 Å². The van der Waals surface area contributed by atoms with Crippen LogP contribution < -0.4 is 5.32 Å². The Labute approximate surface area is 155 Å². The van der Waals surface area contributed by atoms with Gasteiger partial charge in [-0.1, -0.05) is 11.3 Å². The van der Waals surface area contributed by atoms with Crippen molar-refractivity contribution >= 4 is 22.2 Å². The van der Waals surface area contributed by atoms with Crippen molar-refractivity contribution in [2.45, 2.75) is 38.6 Å². The molecule has 1 aliphatic rings. The van der Waals surface area contributed by atoms with Gasteiger partial charge in [-0.2, -0.15) is 9.61 Å². The number of amides is 1. The molecular weight excluding hydrogens is 352 g/mol. The molecule has 1 N–H and O–H groups in total. The molecule has 0 aromatic carbocycles. The molecule has 3 aromatic rings. The largest absolute Gasteiger partial charge is 0.468 e. The van der Waals surface area contributed by atoms with Crippen LogP contribution in [0, 0.1) is 6.92 Å². The Balaban J connectivity index is 1.31. The SMILES string of the molecule is Cc1nnc2sc(CCC(=O)NCC(c3ccco3)N3CCCC3)nn12. The highest BCUT2D eigenvalue weighted by Gasteiger charge is 2.25. The van der Waals surface area contributed by atoms with Crippen LogP contribution in [0.15, 0.2) is 22.8 Å². The molecule has 1 aliphatic heterocycles. The van der Waals surface area contributed by atoms with Crippen molar-refractivity contribution < 1.29 is 9.21 Å². The van der Waals surface area contributed by atoms with Gasteiger partial charge in [-0.15, -0.1) is 10.2 Å². The van der Waals surface area contributed by atoms with E-state index in [0.717, 1.165) is 34.6 Å². The maximum Gasteiger partial charge on any atom is 0.234 e. The van der Waals surface area contributed by atoms with E-state index in [1.807, 2.05) is 19.1 Å². The smallest absolute Gasteiger partial charge is 0.234 e. The van der Waals surface area contributed by atoms with E-state index in [2.05, 4.69) is 25.5 Å². The molecule has 26 heavy (non-hydrogen) atoms. The van der Waals surface area contributed by atoms with Crippen LogP contribution in [0.2, 0.25) is 0 Å². The summed E-state index contributed by atoms with van der Waals surface area (Å²) in [6, 6.07) is 3.99. The topological polar surface area (TPSA) is 88.6 Å². The Hall–Kier alpha value is -2.26. The van der Waals surface area contributed by atoms with Gasteiger partial charge < -0.3 is 9.73 Å². The normalized spacial score (nSPS) is 16.3. The van der Waals surface area contributed by atoms with E-state index < -0.39 is 0 Å². The van der Waals surface area contributed by atoms with Crippen molar-refractivity contribution in [3.63, 3.8) is 0 Å². The Kier molecular flexibility index (Phi) is 4.98. The average Bonchev–Trinajstić information content (AvgIpc) is 3.41. The second-order valence-electron chi connectivity index (χ2n) is 6.52. The highest BCUT2D eigenvalue weighted by molar-refractivity contribution is 7.16. The molecule has 8 nitrogen and oxygen atoms in total. The van der Waals surface area contributed by atoms with Gasteiger partial charge in [0, 0.05) is 19.4 Å². The van der Waals surface area contributed by atoms with Crippen molar-refractivity contribution in [2.75, 3.05) is 19.6 Å². The molecule has 138 valence electrons. The van der Waals surface area contributed by atoms with Crippen molar-refractivity contribution in [3.05, 3.63) is 35.0 Å². The van der Waals surface area contributed by atoms with Crippen molar-refractivity contribution in [2.24, 2.45) is 0 Å². The zero-order valence-corrected chi connectivity index (χ0v) is 15.5. The number of fused-ring (bicyclic) bond motifs is 1. The summed E-state index contributed by atoms with van der Waals surface area (Å²) in [5, 5.41) is 16.4. The van der Waals surface area contributed by atoms with Gasteiger partial charge >= 0.3 is 0 Å². The molecule has 1 unspecified atom stereocenters. The van der Waals surface area contributed by atoms with Crippen LogP contribution in [0.5, 0.6) is 0 Å². The fourth-order valence-corrected chi connectivity index (χ4v) is 4.20. The summed E-state index contributed by atoms with van der Waals surface area (Å²) in [6.45, 7) is 4.53. The van der Waals surface area contributed by atoms with Crippen molar-refractivity contribution in [1.82, 2.24) is 30.0 Å². The monoisotopic (exact) mass is 374 g/mol. The molecule has 1 fully saturated rings. The van der Waals surface area contributed by atoms with E-state index in [-0.39, 0.29) is 11.9 Å². The van der Waals surface area contributed by atoms with Gasteiger partial charge in [0.15, 0.2) is 5.82 Å². The van der Waals surface area contributed by atoms with Crippen molar-refractivity contribution in [1.29, 1.82) is 0 Å². The number of aryl methyl sites for hydroxylation is 2. The minimum absolute atomic E-state index is 0.0310. The van der Waals surface area contributed by atoms with Crippen LogP contribution in [0.4, 0.5) is 0 Å². The van der Waals surface area contributed by atoms with Gasteiger partial charge in [-0.3, -0.25) is 9.69 Å². The quantitative estimate of drug-likeness (QED) is 0.680. The molecule has 4 rings (SSSR count). The molecule has 1 amide bonds. The summed E-state index contributed by atoms with van der Waals surface area (Å²) in [4.78, 5) is 15.5. The van der Waals surface area contributed by atoms with E-state index in [1.165, 1.54) is 24.2 Å². The van der Waals surface area contributed by atoms with E-state index in [1.54, 1.807) is 10.8 Å². The van der Waals surface area contributed by atoms with Gasteiger partial charge in [0.05, 0.1) is 12.3 Å². The summed E-state index contributed by atoms with van der Waals surface area (Å²) in [5.41, 5.74) is 0. The molecule has 4 heterocycles. The molecule has 0 radical (unpaired) electrons. The summed E-state index contributed by atoms with van der Waals surface area (Å²) in [7, 11) is 0. The number of nitrogens with one attached hydrogen (secondary N) is 1. The highest BCUT2D eigenvalue weighted by Crippen LogP contribution is 2.25. The minimum Gasteiger partial charge on any atom is -0.468 e. The number of aromatic nitrogens is 4. The zero-order valence-electron chi connectivity index (χ0n) is 14.7. The van der Waals surface area contributed by atoms with Crippen LogP contribution in [-0.4, -0.2) is 50.3 Å². The number of carbonyl (C=O) groups is 1. The highest BCUT2D eigenvalue weighted by atomic mass is 32.1. The number of rotatable bonds is 7. The van der Waals surface area contributed by atoms with E-state index in [9.17, 15) is 4.79 Å². The molecule has 0 bridgehead atoms. The number of likely N-dealkylation sites (tertiary alicyclic amines) is 1. The Morgan fingerprint density at radius 2 is 2.23 bits per heavy atom. The maximum absolute atomic E-state index is 12.3. The first-order chi connectivity index (χ1) is 12.7. The summed E-state index contributed by atoms with van der Waals surface area (Å²) >= 11 is 1.48. The molecule has 9 heteroatoms. The standard InChI is InChI=1S/C17H22N6O2S/c1-12-19-20-17-23(12)21-16(26-17)7-6-15(24)18-11-13(14-5-4-10-25-14)22-8-2-3-9-22/h4-5,10,13H,2-3,6-9,11H2,1H3,(H,18,24). The molecule has 1 atom stereocenters. The zero-order chi connectivity index (χ0) is 17.9. The summed E-state index contributed by atoms with van der Waals surface area (Å²) in [6.07, 6.45) is 5.11. The van der Waals surface area contributed by atoms with Gasteiger partial charge in [0.2, 0.25) is 10.9 Å². The predicted octanol–water partition coefficient (Wildman–Crippen LogP) is 1.97. The first-order valence-electron chi connectivity index (χ1n) is 8.92. The lowest BCUT2D eigenvalue weighted by Crippen LogP contribution is -2.36. The lowest BCUT2D eigenvalue weighted by atomic mass is 10.2.